The summed E-state index contributed by atoms with van der Waals surface area (Å²) in [6, 6.07) is 16.6. The lowest BCUT2D eigenvalue weighted by Gasteiger charge is -2.28. The van der Waals surface area contributed by atoms with E-state index in [2.05, 4.69) is 4.98 Å². The highest BCUT2D eigenvalue weighted by molar-refractivity contribution is 5.67. The molecule has 0 radical (unpaired) electrons. The average molecular weight is 456 g/mol. The Hall–Kier alpha value is -3.39. The summed E-state index contributed by atoms with van der Waals surface area (Å²) in [7, 11) is 0. The van der Waals surface area contributed by atoms with E-state index in [1.807, 2.05) is 35.2 Å². The molecule has 1 aromatic heterocycles. The Bertz CT molecular complexity index is 1130. The SMILES string of the molecule is O=C(O)CCN1CCc2nc(-c3ccc(OCc4ccccc4)cc3C(F)(F)F)ccc2C1. The van der Waals surface area contributed by atoms with Gasteiger partial charge in [-0.3, -0.25) is 14.7 Å². The first kappa shape index (κ1) is 22.8. The number of carboxylic acids is 1. The zero-order valence-electron chi connectivity index (χ0n) is 17.8. The molecule has 0 saturated heterocycles. The van der Waals surface area contributed by atoms with Gasteiger partial charge in [0.15, 0.2) is 0 Å². The van der Waals surface area contributed by atoms with Gasteiger partial charge in [0, 0.05) is 37.3 Å². The van der Waals surface area contributed by atoms with E-state index in [4.69, 9.17) is 9.84 Å². The molecule has 0 spiro atoms. The molecule has 1 N–H and O–H groups in total. The molecule has 1 aliphatic rings. The summed E-state index contributed by atoms with van der Waals surface area (Å²) < 4.78 is 47.2. The minimum atomic E-state index is -4.56. The Balaban J connectivity index is 1.56. The molecule has 0 unspecified atom stereocenters. The summed E-state index contributed by atoms with van der Waals surface area (Å²) in [6.45, 7) is 1.76. The lowest BCUT2D eigenvalue weighted by molar-refractivity contribution is -0.138. The van der Waals surface area contributed by atoms with Crippen LogP contribution < -0.4 is 4.74 Å². The molecule has 4 rings (SSSR count). The summed E-state index contributed by atoms with van der Waals surface area (Å²) in [5.74, 6) is -0.716. The summed E-state index contributed by atoms with van der Waals surface area (Å²) in [4.78, 5) is 17.3. The van der Waals surface area contributed by atoms with Crippen LogP contribution in [0.15, 0.2) is 60.7 Å². The third-order valence-corrected chi connectivity index (χ3v) is 5.59. The molecule has 2 aromatic carbocycles. The lowest BCUT2D eigenvalue weighted by atomic mass is 9.99. The van der Waals surface area contributed by atoms with Crippen LogP contribution in [0.1, 0.15) is 28.8 Å². The smallest absolute Gasteiger partial charge is 0.417 e. The normalized spacial score (nSPS) is 14.0. The fourth-order valence-corrected chi connectivity index (χ4v) is 3.88. The van der Waals surface area contributed by atoms with Crippen LogP contribution >= 0.6 is 0 Å². The number of rotatable bonds is 7. The average Bonchev–Trinajstić information content (AvgIpc) is 2.81. The molecule has 8 heteroatoms. The number of aromatic nitrogens is 1. The van der Waals surface area contributed by atoms with Crippen molar-refractivity contribution in [2.24, 2.45) is 0 Å². The number of carboxylic acid groups (broad SMARTS) is 1. The van der Waals surface area contributed by atoms with E-state index in [1.165, 1.54) is 12.1 Å². The van der Waals surface area contributed by atoms with Gasteiger partial charge in [-0.05, 0) is 35.4 Å². The van der Waals surface area contributed by atoms with Crippen LogP contribution in [0.4, 0.5) is 13.2 Å². The minimum absolute atomic E-state index is 0.00525. The lowest BCUT2D eigenvalue weighted by Crippen LogP contribution is -2.32. The fraction of sp³-hybridized carbons (Fsp3) is 0.280. The molecule has 172 valence electrons. The van der Waals surface area contributed by atoms with E-state index in [-0.39, 0.29) is 30.0 Å². The van der Waals surface area contributed by atoms with E-state index in [1.54, 1.807) is 12.1 Å². The van der Waals surface area contributed by atoms with Gasteiger partial charge in [0.05, 0.1) is 17.7 Å². The van der Waals surface area contributed by atoms with Gasteiger partial charge in [-0.25, -0.2) is 0 Å². The van der Waals surface area contributed by atoms with Gasteiger partial charge in [-0.2, -0.15) is 13.2 Å². The van der Waals surface area contributed by atoms with Crippen molar-refractivity contribution in [3.63, 3.8) is 0 Å². The second-order valence-corrected chi connectivity index (χ2v) is 7.95. The van der Waals surface area contributed by atoms with Crippen molar-refractivity contribution in [2.75, 3.05) is 13.1 Å². The zero-order chi connectivity index (χ0) is 23.4. The predicted molar refractivity (Wildman–Crippen MR) is 117 cm³/mol. The first-order valence-electron chi connectivity index (χ1n) is 10.6. The molecule has 0 bridgehead atoms. The van der Waals surface area contributed by atoms with Crippen molar-refractivity contribution in [1.82, 2.24) is 9.88 Å². The van der Waals surface area contributed by atoms with Gasteiger partial charge < -0.3 is 9.84 Å². The van der Waals surface area contributed by atoms with Crippen LogP contribution in [0.25, 0.3) is 11.3 Å². The van der Waals surface area contributed by atoms with Crippen molar-refractivity contribution < 1.29 is 27.8 Å². The molecule has 0 aliphatic carbocycles. The van der Waals surface area contributed by atoms with Gasteiger partial charge >= 0.3 is 12.1 Å². The van der Waals surface area contributed by atoms with Crippen molar-refractivity contribution in [3.8, 4) is 17.0 Å². The van der Waals surface area contributed by atoms with E-state index in [0.717, 1.165) is 22.9 Å². The standard InChI is InChI=1S/C25H23F3N2O3/c26-25(27,28)21-14-19(33-16-17-4-2-1-3-5-17)7-8-20(21)23-9-6-18-15-30(13-11-24(31)32)12-10-22(18)29-23/h1-9,14H,10-13,15-16H2,(H,31,32). The quantitative estimate of drug-likeness (QED) is 0.531. The number of fused-ring (bicyclic) bond motifs is 1. The van der Waals surface area contributed by atoms with Crippen LogP contribution in [-0.4, -0.2) is 34.0 Å². The number of benzene rings is 2. The molecule has 0 saturated carbocycles. The summed E-state index contributed by atoms with van der Waals surface area (Å²) in [5.41, 5.74) is 1.99. The van der Waals surface area contributed by atoms with Crippen LogP contribution in [0.5, 0.6) is 5.75 Å². The summed E-state index contributed by atoms with van der Waals surface area (Å²) in [5, 5.41) is 8.86. The molecule has 1 aliphatic heterocycles. The van der Waals surface area contributed by atoms with Crippen molar-refractivity contribution in [2.45, 2.75) is 32.2 Å². The molecule has 33 heavy (non-hydrogen) atoms. The van der Waals surface area contributed by atoms with Crippen molar-refractivity contribution >= 4 is 5.97 Å². The molecular weight excluding hydrogens is 433 g/mol. The second-order valence-electron chi connectivity index (χ2n) is 7.95. The number of nitrogens with zero attached hydrogens (tertiary/aromatic N) is 2. The molecule has 0 fully saturated rings. The van der Waals surface area contributed by atoms with E-state index >= 15 is 0 Å². The van der Waals surface area contributed by atoms with Gasteiger partial charge in [0.2, 0.25) is 0 Å². The second kappa shape index (κ2) is 9.62. The Labute approximate surface area is 189 Å². The van der Waals surface area contributed by atoms with Crippen LogP contribution in [0, 0.1) is 0 Å². The molecule has 5 nitrogen and oxygen atoms in total. The Morgan fingerprint density at radius 2 is 1.88 bits per heavy atom. The zero-order valence-corrected chi connectivity index (χ0v) is 17.8. The predicted octanol–water partition coefficient (Wildman–Crippen LogP) is 5.18. The van der Waals surface area contributed by atoms with E-state index < -0.39 is 17.7 Å². The number of carbonyl (C=O) groups is 1. The third kappa shape index (κ3) is 5.70. The fourth-order valence-electron chi connectivity index (χ4n) is 3.88. The Morgan fingerprint density at radius 3 is 2.61 bits per heavy atom. The number of aliphatic carboxylic acids is 1. The third-order valence-electron chi connectivity index (χ3n) is 5.59. The summed E-state index contributed by atoms with van der Waals surface area (Å²) >= 11 is 0. The van der Waals surface area contributed by atoms with Gasteiger partial charge in [-0.15, -0.1) is 0 Å². The number of pyridine rings is 1. The van der Waals surface area contributed by atoms with Crippen molar-refractivity contribution in [1.29, 1.82) is 0 Å². The Kier molecular flexibility index (Phi) is 6.65. The number of ether oxygens (including phenoxy) is 1. The first-order chi connectivity index (χ1) is 15.8. The highest BCUT2D eigenvalue weighted by Gasteiger charge is 2.35. The highest BCUT2D eigenvalue weighted by Crippen LogP contribution is 2.39. The van der Waals surface area contributed by atoms with Crippen LogP contribution in [0.3, 0.4) is 0 Å². The molecule has 3 aromatic rings. The maximum absolute atomic E-state index is 13.9. The Morgan fingerprint density at radius 1 is 1.09 bits per heavy atom. The van der Waals surface area contributed by atoms with Crippen LogP contribution in [-0.2, 0) is 30.5 Å². The van der Waals surface area contributed by atoms with E-state index in [0.29, 0.717) is 26.1 Å². The number of alkyl halides is 3. The van der Waals surface area contributed by atoms with Gasteiger partial charge in [0.1, 0.15) is 12.4 Å². The largest absolute Gasteiger partial charge is 0.489 e. The molecule has 0 atom stereocenters. The number of hydrogen-bond acceptors (Lipinski definition) is 4. The highest BCUT2D eigenvalue weighted by atomic mass is 19.4. The van der Waals surface area contributed by atoms with Gasteiger partial charge in [-0.1, -0.05) is 36.4 Å². The minimum Gasteiger partial charge on any atom is -0.489 e. The number of hydrogen-bond donors (Lipinski definition) is 1. The van der Waals surface area contributed by atoms with Crippen molar-refractivity contribution in [3.05, 3.63) is 83.0 Å². The molecule has 0 amide bonds. The maximum Gasteiger partial charge on any atom is 0.417 e. The first-order valence-corrected chi connectivity index (χ1v) is 10.6. The molecular formula is C25H23F3N2O3. The van der Waals surface area contributed by atoms with Gasteiger partial charge in [0.25, 0.3) is 0 Å². The topological polar surface area (TPSA) is 62.7 Å². The molecule has 2 heterocycles. The summed E-state index contributed by atoms with van der Waals surface area (Å²) in [6.07, 6.45) is -3.95. The number of halogens is 3. The maximum atomic E-state index is 13.9. The van der Waals surface area contributed by atoms with E-state index in [9.17, 15) is 18.0 Å². The monoisotopic (exact) mass is 456 g/mol. The van der Waals surface area contributed by atoms with Crippen LogP contribution in [0.2, 0.25) is 0 Å².